The van der Waals surface area contributed by atoms with E-state index in [0.717, 1.165) is 40.3 Å². The van der Waals surface area contributed by atoms with Gasteiger partial charge < -0.3 is 51.4 Å². The van der Waals surface area contributed by atoms with E-state index < -0.39 is 18.2 Å². The number of amides is 5. The van der Waals surface area contributed by atoms with Crippen molar-refractivity contribution in [3.63, 3.8) is 0 Å². The minimum atomic E-state index is -0.780. The summed E-state index contributed by atoms with van der Waals surface area (Å²) in [6.45, 7) is 7.49. The zero-order valence-electron chi connectivity index (χ0n) is 35.4. The Hall–Kier alpha value is -5.81. The normalized spacial score (nSPS) is 16.3. The van der Waals surface area contributed by atoms with Crippen molar-refractivity contribution >= 4 is 84.4 Å². The van der Waals surface area contributed by atoms with Crippen LogP contribution in [0.25, 0.3) is 21.7 Å². The van der Waals surface area contributed by atoms with Crippen molar-refractivity contribution in [2.45, 2.75) is 44.7 Å². The first-order valence-corrected chi connectivity index (χ1v) is 22.1. The second-order valence-electron chi connectivity index (χ2n) is 16.4. The first kappa shape index (κ1) is 44.3. The van der Waals surface area contributed by atoms with Gasteiger partial charge in [0.15, 0.2) is 0 Å². The number of aromatic amines is 1. The quantitative estimate of drug-likeness (QED) is 0.0585. The Morgan fingerprint density at radius 1 is 0.887 bits per heavy atom. The molecule has 5 amide bonds. The van der Waals surface area contributed by atoms with E-state index in [4.69, 9.17) is 10.5 Å². The Bertz CT molecular complexity index is 2460. The fourth-order valence-corrected chi connectivity index (χ4v) is 8.42. The van der Waals surface area contributed by atoms with Gasteiger partial charge in [-0.1, -0.05) is 54.0 Å². The maximum absolute atomic E-state index is 14.4. The summed E-state index contributed by atoms with van der Waals surface area (Å²) >= 11 is 3.68. The van der Waals surface area contributed by atoms with E-state index in [9.17, 15) is 24.0 Å². The van der Waals surface area contributed by atoms with Gasteiger partial charge in [-0.3, -0.25) is 19.2 Å². The van der Waals surface area contributed by atoms with E-state index in [2.05, 4.69) is 47.1 Å². The van der Waals surface area contributed by atoms with Gasteiger partial charge in [-0.2, -0.15) is 0 Å². The largest absolute Gasteiger partial charge is 0.415 e. The maximum atomic E-state index is 14.4. The number of ether oxygens (including phenoxy) is 1. The molecule has 4 aromatic carbocycles. The predicted octanol–water partition coefficient (Wildman–Crippen LogP) is 5.86. The Balaban J connectivity index is 1.04. The average Bonchev–Trinajstić information content (AvgIpc) is 3.87. The van der Waals surface area contributed by atoms with Crippen LogP contribution in [0.1, 0.15) is 59.0 Å². The fraction of sp³-hybridized carbons (Fsp3) is 0.370. The zero-order valence-corrected chi connectivity index (χ0v) is 37.0. The van der Waals surface area contributed by atoms with Gasteiger partial charge in [-0.25, -0.2) is 4.79 Å². The second-order valence-corrected chi connectivity index (χ2v) is 17.0. The number of carbonyl (C=O) groups excluding carboxylic acids is 5. The van der Waals surface area contributed by atoms with Crippen LogP contribution in [-0.4, -0.2) is 115 Å². The topological polar surface area (TPSA) is 194 Å². The predicted molar refractivity (Wildman–Crippen MR) is 246 cm³/mol. The zero-order chi connectivity index (χ0) is 44.1. The number of aromatic nitrogens is 1. The van der Waals surface area contributed by atoms with Gasteiger partial charge >= 0.3 is 6.09 Å². The van der Waals surface area contributed by atoms with Crippen molar-refractivity contribution in [1.82, 2.24) is 25.4 Å². The summed E-state index contributed by atoms with van der Waals surface area (Å²) in [5.74, 6) is -1.03. The number of piperazine rings is 1. The number of carbonyl (C=O) groups is 5. The number of nitrogens with zero attached hydrogens (tertiary/aromatic N) is 3. The molecule has 326 valence electrons. The molecule has 1 saturated heterocycles. The highest BCUT2D eigenvalue weighted by Crippen LogP contribution is 2.46. The van der Waals surface area contributed by atoms with Gasteiger partial charge in [-0.05, 0) is 98.9 Å². The third kappa shape index (κ3) is 9.78. The van der Waals surface area contributed by atoms with Crippen molar-refractivity contribution in [2.24, 2.45) is 11.7 Å². The molecule has 2 aliphatic heterocycles. The van der Waals surface area contributed by atoms with Crippen LogP contribution in [0.4, 0.5) is 21.9 Å². The molecule has 2 unspecified atom stereocenters. The summed E-state index contributed by atoms with van der Waals surface area (Å²) in [6, 6.07) is 21.7. The molecule has 7 rings (SSSR count). The first-order chi connectivity index (χ1) is 29.8. The van der Waals surface area contributed by atoms with Crippen LogP contribution >= 0.6 is 15.9 Å². The molecule has 3 heterocycles. The highest BCUT2D eigenvalue weighted by Gasteiger charge is 2.36. The number of benzene rings is 4. The number of H-pyrrole nitrogens is 1. The van der Waals surface area contributed by atoms with Crippen LogP contribution < -0.4 is 36.6 Å². The summed E-state index contributed by atoms with van der Waals surface area (Å²) in [5, 5.41) is 14.7. The molecule has 0 bridgehead atoms. The number of hydrogen-bond donors (Lipinski definition) is 6. The van der Waals surface area contributed by atoms with Crippen molar-refractivity contribution in [1.29, 1.82) is 0 Å². The molecule has 1 fully saturated rings. The molecule has 3 atom stereocenters. The smallest absolute Gasteiger partial charge is 0.409 e. The number of likely N-dealkylation sites (N-methyl/N-ethyl adjacent to an activating group) is 1. The second kappa shape index (κ2) is 19.5. The lowest BCUT2D eigenvalue weighted by atomic mass is 9.95. The molecule has 62 heavy (non-hydrogen) atoms. The highest BCUT2D eigenvalue weighted by atomic mass is 79.9. The lowest BCUT2D eigenvalue weighted by Crippen LogP contribution is -2.51. The van der Waals surface area contributed by atoms with E-state index in [1.54, 1.807) is 52.3 Å². The Morgan fingerprint density at radius 3 is 2.29 bits per heavy atom. The van der Waals surface area contributed by atoms with Crippen molar-refractivity contribution in [3.05, 3.63) is 95.7 Å². The number of fused-ring (bicyclic) bond motifs is 4. The number of alkyl halides is 1. The Morgan fingerprint density at radius 2 is 1.60 bits per heavy atom. The van der Waals surface area contributed by atoms with Gasteiger partial charge in [0.25, 0.3) is 11.8 Å². The Labute approximate surface area is 369 Å². The lowest BCUT2D eigenvalue weighted by molar-refractivity contribution is -0.128. The molecular weight excluding hydrogens is 854 g/mol. The molecule has 7 N–H and O–H groups in total. The highest BCUT2D eigenvalue weighted by molar-refractivity contribution is 9.09. The van der Waals surface area contributed by atoms with E-state index in [1.807, 2.05) is 64.3 Å². The molecule has 15 nitrogen and oxygen atoms in total. The summed E-state index contributed by atoms with van der Waals surface area (Å²) in [7, 11) is 3.85. The minimum absolute atomic E-state index is 0.00435. The molecule has 0 saturated carbocycles. The summed E-state index contributed by atoms with van der Waals surface area (Å²) < 4.78 is 6.07. The number of nitrogens with two attached hydrogens (primary N) is 1. The van der Waals surface area contributed by atoms with Crippen LogP contribution in [0.15, 0.2) is 78.9 Å². The third-order valence-corrected chi connectivity index (χ3v) is 12.4. The van der Waals surface area contributed by atoms with Gasteiger partial charge in [0.1, 0.15) is 17.5 Å². The number of hydrogen-bond acceptors (Lipinski definition) is 9. The fourth-order valence-electron chi connectivity index (χ4n) is 7.89. The molecule has 0 spiro atoms. The van der Waals surface area contributed by atoms with Gasteiger partial charge in [0, 0.05) is 83.3 Å². The van der Waals surface area contributed by atoms with E-state index >= 15 is 0 Å². The lowest BCUT2D eigenvalue weighted by Gasteiger charge is -2.31. The van der Waals surface area contributed by atoms with Gasteiger partial charge in [-0.15, -0.1) is 0 Å². The molecule has 1 aromatic heterocycles. The molecular formula is C46H54BrN9O6. The van der Waals surface area contributed by atoms with Crippen LogP contribution in [0.5, 0.6) is 5.75 Å². The number of rotatable bonds is 14. The standard InChI is InChI=1S/C46H54BrN9O6/c1-27(2)41(48)44(59)53-36(10-7-17-49-3)43(58)50-31-13-11-28(12-14-31)42(57)51-32-15-16-35-29(22-32)23-37(52-35)45(60)56-26-30(25-47)40-34-9-6-5-8-33(34)39(24-38(40)56)62-46(61)55-20-18-54(4)19-21-55/h5-6,8-9,11-16,22-24,27,30,36,41,49,52H,7,10,17-21,25-26,48H2,1-4H3,(H,50,58)(H,51,57)(H,53,59)/t30-,36?,41?/m1/s1. The van der Waals surface area contributed by atoms with Gasteiger partial charge in [0.2, 0.25) is 11.8 Å². The van der Waals surface area contributed by atoms with Crippen molar-refractivity contribution < 1.29 is 28.7 Å². The molecule has 0 aliphatic carbocycles. The molecule has 2 aliphatic rings. The SMILES string of the molecule is CNCCCC(NC(=O)C(N)C(C)C)C(=O)Nc1ccc(C(=O)Nc2ccc3[nH]c(C(=O)N4C[C@@H](CBr)c5c4cc(OC(=O)N4CCN(C)CC4)c4ccccc54)cc3c2)cc1. The third-order valence-electron chi connectivity index (χ3n) is 11.6. The molecule has 5 aromatic rings. The van der Waals surface area contributed by atoms with Crippen LogP contribution in [0.3, 0.4) is 0 Å². The molecule has 0 radical (unpaired) electrons. The number of nitrogens with one attached hydrogen (secondary N) is 5. The molecule has 16 heteroatoms. The van der Waals surface area contributed by atoms with Crippen molar-refractivity contribution in [3.8, 4) is 5.75 Å². The summed E-state index contributed by atoms with van der Waals surface area (Å²) in [6.07, 6.45) is 0.674. The van der Waals surface area contributed by atoms with Crippen molar-refractivity contribution in [2.75, 3.05) is 74.2 Å². The van der Waals surface area contributed by atoms with Gasteiger partial charge in [0.05, 0.1) is 11.7 Å². The monoisotopic (exact) mass is 907 g/mol. The minimum Gasteiger partial charge on any atom is -0.409 e. The first-order valence-electron chi connectivity index (χ1n) is 21.0. The van der Waals surface area contributed by atoms with E-state index in [1.165, 1.54) is 0 Å². The maximum Gasteiger partial charge on any atom is 0.415 e. The van der Waals surface area contributed by atoms with Crippen LogP contribution in [0, 0.1) is 5.92 Å². The Kier molecular flexibility index (Phi) is 13.9. The summed E-state index contributed by atoms with van der Waals surface area (Å²) in [5.41, 5.74) is 10.2. The number of halogens is 1. The number of anilines is 3. The average molecular weight is 909 g/mol. The van der Waals surface area contributed by atoms with Crippen LogP contribution in [-0.2, 0) is 9.59 Å². The summed E-state index contributed by atoms with van der Waals surface area (Å²) in [4.78, 5) is 75.9. The van der Waals surface area contributed by atoms with Crippen LogP contribution in [0.2, 0.25) is 0 Å². The van der Waals surface area contributed by atoms with E-state index in [-0.39, 0.29) is 35.5 Å². The van der Waals surface area contributed by atoms with E-state index in [0.29, 0.717) is 78.4 Å².